The SMILES string of the molecule is COc1ccccc1C(=O)Nc1cccc(-c2cn3ccccc3n2)c1. The topological polar surface area (TPSA) is 55.6 Å². The van der Waals surface area contributed by atoms with Gasteiger partial charge in [-0.05, 0) is 36.4 Å². The number of carbonyl (C=O) groups is 1. The summed E-state index contributed by atoms with van der Waals surface area (Å²) in [6, 6.07) is 20.7. The third kappa shape index (κ3) is 3.02. The fraction of sp³-hybridized carbons (Fsp3) is 0.0476. The normalized spacial score (nSPS) is 10.7. The van der Waals surface area contributed by atoms with Crippen molar-refractivity contribution in [2.45, 2.75) is 0 Å². The molecular formula is C21H17N3O2. The molecule has 0 saturated heterocycles. The number of hydrogen-bond donors (Lipinski definition) is 1. The molecule has 2 aromatic carbocycles. The van der Waals surface area contributed by atoms with Crippen molar-refractivity contribution in [3.63, 3.8) is 0 Å². The molecule has 0 aliphatic heterocycles. The highest BCUT2D eigenvalue weighted by Gasteiger charge is 2.12. The molecule has 2 aromatic heterocycles. The molecular weight excluding hydrogens is 326 g/mol. The van der Waals surface area contributed by atoms with E-state index in [1.54, 1.807) is 19.2 Å². The number of ether oxygens (including phenoxy) is 1. The molecule has 0 fully saturated rings. The smallest absolute Gasteiger partial charge is 0.259 e. The van der Waals surface area contributed by atoms with E-state index in [4.69, 9.17) is 4.74 Å². The molecule has 1 N–H and O–H groups in total. The highest BCUT2D eigenvalue weighted by atomic mass is 16.5. The molecule has 4 aromatic rings. The first-order valence-corrected chi connectivity index (χ1v) is 8.23. The first-order chi connectivity index (χ1) is 12.7. The lowest BCUT2D eigenvalue weighted by molar-refractivity contribution is 0.102. The van der Waals surface area contributed by atoms with Crippen LogP contribution < -0.4 is 10.1 Å². The van der Waals surface area contributed by atoms with Gasteiger partial charge in [-0.3, -0.25) is 4.79 Å². The minimum absolute atomic E-state index is 0.213. The molecule has 1 amide bonds. The number of pyridine rings is 1. The van der Waals surface area contributed by atoms with Crippen LogP contribution in [0.2, 0.25) is 0 Å². The zero-order valence-electron chi connectivity index (χ0n) is 14.2. The van der Waals surface area contributed by atoms with Gasteiger partial charge in [0.2, 0.25) is 0 Å². The molecule has 5 heteroatoms. The van der Waals surface area contributed by atoms with Crippen molar-refractivity contribution < 1.29 is 9.53 Å². The van der Waals surface area contributed by atoms with Crippen molar-refractivity contribution in [2.75, 3.05) is 12.4 Å². The maximum Gasteiger partial charge on any atom is 0.259 e. The number of aromatic nitrogens is 2. The van der Waals surface area contributed by atoms with Crippen LogP contribution in [0.15, 0.2) is 79.1 Å². The van der Waals surface area contributed by atoms with Gasteiger partial charge in [0.25, 0.3) is 5.91 Å². The predicted molar refractivity (Wildman–Crippen MR) is 102 cm³/mol. The van der Waals surface area contributed by atoms with E-state index in [0.29, 0.717) is 17.0 Å². The molecule has 5 nitrogen and oxygen atoms in total. The van der Waals surface area contributed by atoms with Gasteiger partial charge in [0.15, 0.2) is 0 Å². The maximum absolute atomic E-state index is 12.6. The summed E-state index contributed by atoms with van der Waals surface area (Å²) >= 11 is 0. The number of para-hydroxylation sites is 1. The zero-order chi connectivity index (χ0) is 17.9. The Morgan fingerprint density at radius 2 is 1.88 bits per heavy atom. The molecule has 0 bridgehead atoms. The summed E-state index contributed by atoms with van der Waals surface area (Å²) in [7, 11) is 1.55. The number of carbonyl (C=O) groups excluding carboxylic acids is 1. The van der Waals surface area contributed by atoms with E-state index in [9.17, 15) is 4.79 Å². The Kier molecular flexibility index (Phi) is 4.11. The van der Waals surface area contributed by atoms with E-state index >= 15 is 0 Å². The fourth-order valence-corrected chi connectivity index (χ4v) is 2.86. The lowest BCUT2D eigenvalue weighted by Crippen LogP contribution is -2.13. The molecule has 0 aliphatic carbocycles. The summed E-state index contributed by atoms with van der Waals surface area (Å²) in [4.78, 5) is 17.2. The second kappa shape index (κ2) is 6.72. The lowest BCUT2D eigenvalue weighted by Gasteiger charge is -2.09. The maximum atomic E-state index is 12.6. The highest BCUT2D eigenvalue weighted by molar-refractivity contribution is 6.06. The molecule has 0 spiro atoms. The van der Waals surface area contributed by atoms with Crippen molar-refractivity contribution in [1.82, 2.24) is 9.38 Å². The summed E-state index contributed by atoms with van der Waals surface area (Å²) in [6.07, 6.45) is 3.93. The minimum atomic E-state index is -0.213. The summed E-state index contributed by atoms with van der Waals surface area (Å²) in [6.45, 7) is 0. The monoisotopic (exact) mass is 343 g/mol. The molecule has 2 heterocycles. The number of anilines is 1. The van der Waals surface area contributed by atoms with Crippen LogP contribution in [0.25, 0.3) is 16.9 Å². The first kappa shape index (κ1) is 15.9. The fourth-order valence-electron chi connectivity index (χ4n) is 2.86. The van der Waals surface area contributed by atoms with E-state index < -0.39 is 0 Å². The van der Waals surface area contributed by atoms with E-state index in [1.807, 2.05) is 71.4 Å². The van der Waals surface area contributed by atoms with Crippen molar-refractivity contribution in [2.24, 2.45) is 0 Å². The standard InChI is InChI=1S/C21H17N3O2/c1-26-19-10-3-2-9-17(19)21(25)22-16-8-6-7-15(13-16)18-14-24-12-5-4-11-20(24)23-18/h2-14H,1H3,(H,22,25). The van der Waals surface area contributed by atoms with Crippen LogP contribution in [-0.2, 0) is 0 Å². The Morgan fingerprint density at radius 1 is 1.04 bits per heavy atom. The van der Waals surface area contributed by atoms with Gasteiger partial charge in [-0.25, -0.2) is 4.98 Å². The number of methoxy groups -OCH3 is 1. The average Bonchev–Trinajstić information content (AvgIpc) is 3.12. The number of benzene rings is 2. The third-order valence-corrected chi connectivity index (χ3v) is 4.13. The third-order valence-electron chi connectivity index (χ3n) is 4.13. The first-order valence-electron chi connectivity index (χ1n) is 8.23. The van der Waals surface area contributed by atoms with Gasteiger partial charge < -0.3 is 14.5 Å². The molecule has 0 unspecified atom stereocenters. The number of amides is 1. The van der Waals surface area contributed by atoms with Crippen LogP contribution in [0.1, 0.15) is 10.4 Å². The van der Waals surface area contributed by atoms with Gasteiger partial charge in [-0.1, -0.05) is 30.3 Å². The predicted octanol–water partition coefficient (Wildman–Crippen LogP) is 4.26. The second-order valence-electron chi connectivity index (χ2n) is 5.83. The summed E-state index contributed by atoms with van der Waals surface area (Å²) < 4.78 is 7.22. The molecule has 0 saturated carbocycles. The van der Waals surface area contributed by atoms with Crippen molar-refractivity contribution in [3.05, 3.63) is 84.7 Å². The zero-order valence-corrected chi connectivity index (χ0v) is 14.2. The molecule has 128 valence electrons. The van der Waals surface area contributed by atoms with Crippen LogP contribution in [0, 0.1) is 0 Å². The summed E-state index contributed by atoms with van der Waals surface area (Å²) in [5.74, 6) is 0.330. The van der Waals surface area contributed by atoms with E-state index in [-0.39, 0.29) is 5.91 Å². The largest absolute Gasteiger partial charge is 0.496 e. The van der Waals surface area contributed by atoms with Gasteiger partial charge in [0, 0.05) is 23.6 Å². The van der Waals surface area contributed by atoms with Gasteiger partial charge in [0.05, 0.1) is 18.4 Å². The Hall–Kier alpha value is -3.60. The van der Waals surface area contributed by atoms with Crippen LogP contribution in [-0.4, -0.2) is 22.4 Å². The number of nitrogens with one attached hydrogen (secondary N) is 1. The molecule has 0 aliphatic rings. The summed E-state index contributed by atoms with van der Waals surface area (Å²) in [5.41, 5.74) is 3.87. The number of fused-ring (bicyclic) bond motifs is 1. The molecule has 0 radical (unpaired) electrons. The summed E-state index contributed by atoms with van der Waals surface area (Å²) in [5, 5.41) is 2.92. The van der Waals surface area contributed by atoms with Gasteiger partial charge in [-0.2, -0.15) is 0 Å². The number of hydrogen-bond acceptors (Lipinski definition) is 3. The van der Waals surface area contributed by atoms with Crippen LogP contribution in [0.5, 0.6) is 5.75 Å². The number of rotatable bonds is 4. The van der Waals surface area contributed by atoms with Gasteiger partial charge in [-0.15, -0.1) is 0 Å². The Morgan fingerprint density at radius 3 is 2.73 bits per heavy atom. The molecule has 0 atom stereocenters. The van der Waals surface area contributed by atoms with E-state index in [2.05, 4.69) is 10.3 Å². The van der Waals surface area contributed by atoms with Crippen LogP contribution in [0.4, 0.5) is 5.69 Å². The lowest BCUT2D eigenvalue weighted by atomic mass is 10.1. The van der Waals surface area contributed by atoms with Crippen molar-refractivity contribution in [1.29, 1.82) is 0 Å². The van der Waals surface area contributed by atoms with E-state index in [0.717, 1.165) is 16.9 Å². The second-order valence-corrected chi connectivity index (χ2v) is 5.83. The molecule has 4 rings (SSSR count). The number of nitrogens with zero attached hydrogens (tertiary/aromatic N) is 2. The van der Waals surface area contributed by atoms with Crippen molar-refractivity contribution >= 4 is 17.2 Å². The minimum Gasteiger partial charge on any atom is -0.496 e. The molecule has 26 heavy (non-hydrogen) atoms. The Labute approximate surface area is 150 Å². The average molecular weight is 343 g/mol. The van der Waals surface area contributed by atoms with Crippen LogP contribution >= 0.6 is 0 Å². The van der Waals surface area contributed by atoms with Gasteiger partial charge in [0.1, 0.15) is 11.4 Å². The van der Waals surface area contributed by atoms with Crippen molar-refractivity contribution in [3.8, 4) is 17.0 Å². The van der Waals surface area contributed by atoms with E-state index in [1.165, 1.54) is 0 Å². The highest BCUT2D eigenvalue weighted by Crippen LogP contribution is 2.24. The van der Waals surface area contributed by atoms with Crippen LogP contribution in [0.3, 0.4) is 0 Å². The quantitative estimate of drug-likeness (QED) is 0.602. The Bertz CT molecular complexity index is 1050. The van der Waals surface area contributed by atoms with Gasteiger partial charge >= 0.3 is 0 Å². The number of imidazole rings is 1. The Balaban J connectivity index is 1.62.